The summed E-state index contributed by atoms with van der Waals surface area (Å²) >= 11 is 1.36. The molecule has 1 amide bonds. The number of aryl methyl sites for hydroxylation is 1. The van der Waals surface area contributed by atoms with Gasteiger partial charge in [0, 0.05) is 5.56 Å². The van der Waals surface area contributed by atoms with E-state index in [4.69, 9.17) is 0 Å². The minimum absolute atomic E-state index is 0.164. The van der Waals surface area contributed by atoms with Gasteiger partial charge in [0.15, 0.2) is 0 Å². The van der Waals surface area contributed by atoms with Gasteiger partial charge in [-0.05, 0) is 36.6 Å². The zero-order valence-corrected chi connectivity index (χ0v) is 12.9. The summed E-state index contributed by atoms with van der Waals surface area (Å²) in [5.41, 5.74) is 3.04. The van der Waals surface area contributed by atoms with Crippen molar-refractivity contribution in [2.45, 2.75) is 13.3 Å². The fourth-order valence-corrected chi connectivity index (χ4v) is 2.71. The lowest BCUT2D eigenvalue weighted by molar-refractivity contribution is 0.102. The van der Waals surface area contributed by atoms with Gasteiger partial charge < -0.3 is 0 Å². The molecule has 5 heteroatoms. The summed E-state index contributed by atoms with van der Waals surface area (Å²) in [4.78, 5) is 12.1. The van der Waals surface area contributed by atoms with Crippen LogP contribution in [0.2, 0.25) is 0 Å². The maximum absolute atomic E-state index is 12.1. The fraction of sp³-hybridized carbons (Fsp3) is 0.118. The second-order valence-electron chi connectivity index (χ2n) is 4.94. The Morgan fingerprint density at radius 2 is 1.68 bits per heavy atom. The van der Waals surface area contributed by atoms with E-state index in [0.717, 1.165) is 11.4 Å². The third kappa shape index (κ3) is 3.56. The third-order valence-corrected chi connectivity index (χ3v) is 3.97. The molecule has 0 saturated carbocycles. The molecule has 0 aliphatic heterocycles. The maximum atomic E-state index is 12.1. The monoisotopic (exact) mass is 309 g/mol. The van der Waals surface area contributed by atoms with Crippen LogP contribution in [-0.4, -0.2) is 16.1 Å². The van der Waals surface area contributed by atoms with Crippen LogP contribution in [0.25, 0.3) is 0 Å². The molecule has 1 N–H and O–H groups in total. The molecule has 0 radical (unpaired) electrons. The quantitative estimate of drug-likeness (QED) is 0.799. The lowest BCUT2D eigenvalue weighted by atomic mass is 10.0. The number of amides is 1. The lowest BCUT2D eigenvalue weighted by Crippen LogP contribution is -2.11. The number of carbonyl (C=O) groups excluding carboxylic acids is 1. The van der Waals surface area contributed by atoms with Crippen molar-refractivity contribution in [2.24, 2.45) is 0 Å². The Kier molecular flexibility index (Phi) is 4.25. The number of rotatable bonds is 4. The number of carbonyl (C=O) groups is 1. The van der Waals surface area contributed by atoms with E-state index in [1.54, 1.807) is 0 Å². The molecule has 110 valence electrons. The molecular weight excluding hydrogens is 294 g/mol. The average Bonchev–Trinajstić information content (AvgIpc) is 2.94. The summed E-state index contributed by atoms with van der Waals surface area (Å²) in [5.74, 6) is -0.164. The molecule has 1 aromatic heterocycles. The molecule has 0 unspecified atom stereocenters. The molecule has 0 saturated heterocycles. The van der Waals surface area contributed by atoms with Crippen LogP contribution in [0.15, 0.2) is 54.6 Å². The van der Waals surface area contributed by atoms with Gasteiger partial charge in [-0.2, -0.15) is 0 Å². The van der Waals surface area contributed by atoms with Crippen molar-refractivity contribution in [1.82, 2.24) is 10.2 Å². The van der Waals surface area contributed by atoms with E-state index in [1.807, 2.05) is 49.4 Å². The van der Waals surface area contributed by atoms with Crippen LogP contribution in [0.3, 0.4) is 0 Å². The first-order valence-corrected chi connectivity index (χ1v) is 7.77. The summed E-state index contributed by atoms with van der Waals surface area (Å²) in [7, 11) is 0. The highest BCUT2D eigenvalue weighted by atomic mass is 32.1. The van der Waals surface area contributed by atoms with E-state index in [2.05, 4.69) is 27.6 Å². The van der Waals surface area contributed by atoms with Crippen molar-refractivity contribution >= 4 is 22.4 Å². The lowest BCUT2D eigenvalue weighted by Gasteiger charge is -2.04. The standard InChI is InChI=1S/C17H15N3OS/c1-12-19-20-17(22-12)18-16(21)15-9-7-14(8-10-15)11-13-5-3-2-4-6-13/h2-10H,11H2,1H3,(H,18,20,21). The molecule has 0 fully saturated rings. The molecule has 22 heavy (non-hydrogen) atoms. The highest BCUT2D eigenvalue weighted by Gasteiger charge is 2.09. The topological polar surface area (TPSA) is 54.9 Å². The molecule has 0 spiro atoms. The minimum Gasteiger partial charge on any atom is -0.296 e. The van der Waals surface area contributed by atoms with Crippen LogP contribution in [0.5, 0.6) is 0 Å². The van der Waals surface area contributed by atoms with Crippen LogP contribution in [0.1, 0.15) is 26.5 Å². The van der Waals surface area contributed by atoms with Crippen LogP contribution < -0.4 is 5.32 Å². The molecular formula is C17H15N3OS. The summed E-state index contributed by atoms with van der Waals surface area (Å²) in [5, 5.41) is 11.9. The summed E-state index contributed by atoms with van der Waals surface area (Å²) in [6.45, 7) is 1.85. The first kappa shape index (κ1) is 14.4. The zero-order chi connectivity index (χ0) is 15.4. The smallest absolute Gasteiger partial charge is 0.257 e. The number of nitrogens with one attached hydrogen (secondary N) is 1. The summed E-state index contributed by atoms with van der Waals surface area (Å²) in [6.07, 6.45) is 0.859. The number of benzene rings is 2. The van der Waals surface area contributed by atoms with Crippen molar-refractivity contribution in [1.29, 1.82) is 0 Å². The van der Waals surface area contributed by atoms with Gasteiger partial charge in [0.05, 0.1) is 0 Å². The zero-order valence-electron chi connectivity index (χ0n) is 12.1. The fourth-order valence-electron chi connectivity index (χ4n) is 2.12. The number of nitrogens with zero attached hydrogens (tertiary/aromatic N) is 2. The van der Waals surface area contributed by atoms with Crippen molar-refractivity contribution < 1.29 is 4.79 Å². The Hall–Kier alpha value is -2.53. The predicted molar refractivity (Wildman–Crippen MR) is 88.3 cm³/mol. The van der Waals surface area contributed by atoms with E-state index in [-0.39, 0.29) is 5.91 Å². The normalized spacial score (nSPS) is 10.4. The van der Waals surface area contributed by atoms with Crippen molar-refractivity contribution in [3.63, 3.8) is 0 Å². The van der Waals surface area contributed by atoms with E-state index in [1.165, 1.54) is 22.5 Å². The van der Waals surface area contributed by atoms with Crippen LogP contribution in [-0.2, 0) is 6.42 Å². The van der Waals surface area contributed by atoms with E-state index < -0.39 is 0 Å². The van der Waals surface area contributed by atoms with Crippen molar-refractivity contribution in [2.75, 3.05) is 5.32 Å². The predicted octanol–water partition coefficient (Wildman–Crippen LogP) is 3.69. The molecule has 3 rings (SSSR count). The van der Waals surface area contributed by atoms with Crippen LogP contribution in [0, 0.1) is 6.92 Å². The number of hydrogen-bond acceptors (Lipinski definition) is 4. The van der Waals surface area contributed by atoms with Gasteiger partial charge in [0.1, 0.15) is 5.01 Å². The SMILES string of the molecule is Cc1nnc(NC(=O)c2ccc(Cc3ccccc3)cc2)s1. The van der Waals surface area contributed by atoms with Crippen molar-refractivity contribution in [3.8, 4) is 0 Å². The number of aromatic nitrogens is 2. The van der Waals surface area contributed by atoms with Gasteiger partial charge in [-0.25, -0.2) is 0 Å². The molecule has 2 aromatic carbocycles. The Bertz CT molecular complexity index is 766. The number of hydrogen-bond donors (Lipinski definition) is 1. The van der Waals surface area contributed by atoms with E-state index >= 15 is 0 Å². The Labute approximate surface area is 132 Å². The van der Waals surface area contributed by atoms with E-state index in [0.29, 0.717) is 10.7 Å². The Balaban J connectivity index is 1.67. The summed E-state index contributed by atoms with van der Waals surface area (Å²) < 4.78 is 0. The third-order valence-electron chi connectivity index (χ3n) is 3.21. The molecule has 4 nitrogen and oxygen atoms in total. The first-order valence-electron chi connectivity index (χ1n) is 6.95. The molecule has 3 aromatic rings. The van der Waals surface area contributed by atoms with Gasteiger partial charge >= 0.3 is 0 Å². The highest BCUT2D eigenvalue weighted by Crippen LogP contribution is 2.16. The van der Waals surface area contributed by atoms with Crippen molar-refractivity contribution in [3.05, 3.63) is 76.3 Å². The van der Waals surface area contributed by atoms with E-state index in [9.17, 15) is 4.79 Å². The summed E-state index contributed by atoms with van der Waals surface area (Å²) in [6, 6.07) is 17.9. The van der Waals surface area contributed by atoms with Crippen LogP contribution in [0.4, 0.5) is 5.13 Å². The second-order valence-corrected chi connectivity index (χ2v) is 6.12. The highest BCUT2D eigenvalue weighted by molar-refractivity contribution is 7.15. The maximum Gasteiger partial charge on any atom is 0.257 e. The van der Waals surface area contributed by atoms with Gasteiger partial charge in [0.25, 0.3) is 5.91 Å². The van der Waals surface area contributed by atoms with Gasteiger partial charge in [-0.3, -0.25) is 10.1 Å². The minimum atomic E-state index is -0.164. The molecule has 0 aliphatic carbocycles. The molecule has 0 bridgehead atoms. The van der Waals surface area contributed by atoms with Gasteiger partial charge in [-0.1, -0.05) is 53.8 Å². The van der Waals surface area contributed by atoms with Gasteiger partial charge in [0.2, 0.25) is 5.13 Å². The Morgan fingerprint density at radius 1 is 1.00 bits per heavy atom. The molecule has 1 heterocycles. The largest absolute Gasteiger partial charge is 0.296 e. The Morgan fingerprint density at radius 3 is 2.32 bits per heavy atom. The molecule has 0 aliphatic rings. The molecule has 0 atom stereocenters. The second kappa shape index (κ2) is 6.49. The average molecular weight is 309 g/mol. The van der Waals surface area contributed by atoms with Crippen LogP contribution >= 0.6 is 11.3 Å². The first-order chi connectivity index (χ1) is 10.7. The number of anilines is 1. The van der Waals surface area contributed by atoms with Gasteiger partial charge in [-0.15, -0.1) is 10.2 Å².